The summed E-state index contributed by atoms with van der Waals surface area (Å²) in [4.78, 5) is 22.2. The van der Waals surface area contributed by atoms with Crippen molar-refractivity contribution in [2.45, 2.75) is 38.8 Å². The molecule has 0 bridgehead atoms. The molecule has 150 valence electrons. The third-order valence-electron chi connectivity index (χ3n) is 3.69. The van der Waals surface area contributed by atoms with Crippen LogP contribution >= 0.6 is 0 Å². The predicted octanol–water partition coefficient (Wildman–Crippen LogP) is 1.13. The molecule has 0 aliphatic carbocycles. The van der Waals surface area contributed by atoms with Crippen molar-refractivity contribution < 1.29 is 19.4 Å². The van der Waals surface area contributed by atoms with Gasteiger partial charge in [-0.15, -0.1) is 20.4 Å². The zero-order valence-corrected chi connectivity index (χ0v) is 15.5. The quantitative estimate of drug-likeness (QED) is 0.433. The van der Waals surface area contributed by atoms with E-state index in [0.717, 1.165) is 11.3 Å². The number of carboxylic acids is 1. The number of nitrogens with zero attached hydrogens (tertiary/aromatic N) is 4. The van der Waals surface area contributed by atoms with Gasteiger partial charge in [0.15, 0.2) is 5.82 Å². The van der Waals surface area contributed by atoms with Gasteiger partial charge in [0.2, 0.25) is 0 Å². The van der Waals surface area contributed by atoms with Gasteiger partial charge in [-0.1, -0.05) is 12.1 Å². The highest BCUT2D eigenvalue weighted by molar-refractivity contribution is 5.72. The lowest BCUT2D eigenvalue weighted by Gasteiger charge is -2.09. The number of aliphatic carboxylic acids is 1. The lowest BCUT2D eigenvalue weighted by atomic mass is 10.1. The molecule has 0 aliphatic heterocycles. The van der Waals surface area contributed by atoms with Gasteiger partial charge in [0.05, 0.1) is 0 Å². The fraction of sp³-hybridized carbons (Fsp3) is 0.412. The standard InChI is InChI=1S/C17H23N7O4/c1-11-21-23-16(24-22-11)20-13-7-5-12(6-8-13)10-28-17(27)19-9-3-2-4-14(18)15(25)26/h5-8,14H,2-4,9-10,18H2,1H3,(H,19,27)(H,25,26)(H,20,23,24). The lowest BCUT2D eigenvalue weighted by molar-refractivity contribution is -0.138. The van der Waals surface area contributed by atoms with Gasteiger partial charge in [0.1, 0.15) is 12.6 Å². The van der Waals surface area contributed by atoms with Crippen molar-refractivity contribution in [1.82, 2.24) is 25.7 Å². The first kappa shape index (κ1) is 21.0. The predicted molar refractivity (Wildman–Crippen MR) is 99.7 cm³/mol. The van der Waals surface area contributed by atoms with Crippen LogP contribution in [0.15, 0.2) is 24.3 Å². The molecule has 1 unspecified atom stereocenters. The average Bonchev–Trinajstić information content (AvgIpc) is 2.68. The number of alkyl carbamates (subject to hydrolysis) is 1. The summed E-state index contributed by atoms with van der Waals surface area (Å²) < 4.78 is 5.13. The molecule has 28 heavy (non-hydrogen) atoms. The van der Waals surface area contributed by atoms with Crippen LogP contribution in [0.2, 0.25) is 0 Å². The average molecular weight is 389 g/mol. The van der Waals surface area contributed by atoms with Crippen LogP contribution in [-0.2, 0) is 16.1 Å². The molecule has 1 atom stereocenters. The first-order valence-electron chi connectivity index (χ1n) is 8.73. The molecule has 5 N–H and O–H groups in total. The monoisotopic (exact) mass is 389 g/mol. The number of nitrogens with one attached hydrogen (secondary N) is 2. The Morgan fingerprint density at radius 1 is 1.14 bits per heavy atom. The van der Waals surface area contributed by atoms with E-state index in [4.69, 9.17) is 15.6 Å². The van der Waals surface area contributed by atoms with Crippen molar-refractivity contribution in [3.05, 3.63) is 35.7 Å². The Morgan fingerprint density at radius 3 is 2.46 bits per heavy atom. The molecule has 0 spiro atoms. The minimum Gasteiger partial charge on any atom is -0.480 e. The number of carbonyl (C=O) groups excluding carboxylic acids is 1. The van der Waals surface area contributed by atoms with Gasteiger partial charge in [-0.25, -0.2) is 4.79 Å². The van der Waals surface area contributed by atoms with Crippen LogP contribution in [0.25, 0.3) is 0 Å². The van der Waals surface area contributed by atoms with Crippen LogP contribution in [-0.4, -0.2) is 50.2 Å². The van der Waals surface area contributed by atoms with Crippen molar-refractivity contribution >= 4 is 23.7 Å². The van der Waals surface area contributed by atoms with Crippen LogP contribution in [0.1, 0.15) is 30.7 Å². The van der Waals surface area contributed by atoms with Crippen LogP contribution in [0, 0.1) is 6.92 Å². The molecule has 0 radical (unpaired) electrons. The normalized spacial score (nSPS) is 11.5. The second kappa shape index (κ2) is 10.7. The van der Waals surface area contributed by atoms with Crippen LogP contribution in [0.4, 0.5) is 16.4 Å². The summed E-state index contributed by atoms with van der Waals surface area (Å²) in [5.74, 6) is -0.244. The van der Waals surface area contributed by atoms with E-state index in [9.17, 15) is 9.59 Å². The SMILES string of the molecule is Cc1nnc(Nc2ccc(COC(=O)NCCCCC(N)C(=O)O)cc2)nn1. The molecule has 1 aromatic heterocycles. The second-order valence-electron chi connectivity index (χ2n) is 6.04. The molecule has 1 amide bonds. The number of aromatic nitrogens is 4. The molecule has 1 heterocycles. The van der Waals surface area contributed by atoms with Gasteiger partial charge in [-0.3, -0.25) is 4.79 Å². The Labute approximate surface area is 161 Å². The number of nitrogens with two attached hydrogens (primary N) is 1. The van der Waals surface area contributed by atoms with E-state index in [0.29, 0.717) is 37.6 Å². The summed E-state index contributed by atoms with van der Waals surface area (Å²) in [7, 11) is 0. The fourth-order valence-electron chi connectivity index (χ4n) is 2.15. The maximum atomic E-state index is 11.7. The Morgan fingerprint density at radius 2 is 1.82 bits per heavy atom. The summed E-state index contributed by atoms with van der Waals surface area (Å²) in [6, 6.07) is 6.34. The minimum atomic E-state index is -1.02. The molecule has 11 nitrogen and oxygen atoms in total. The Kier molecular flexibility index (Phi) is 8.03. The van der Waals surface area contributed by atoms with E-state index in [1.165, 1.54) is 0 Å². The molecule has 11 heteroatoms. The summed E-state index contributed by atoms with van der Waals surface area (Å²) in [6.07, 6.45) is 1.07. The van der Waals surface area contributed by atoms with Crippen LogP contribution < -0.4 is 16.4 Å². The number of amides is 1. The van der Waals surface area contributed by atoms with E-state index in [1.807, 2.05) is 0 Å². The lowest BCUT2D eigenvalue weighted by Crippen LogP contribution is -2.30. The van der Waals surface area contributed by atoms with Crippen molar-refractivity contribution in [2.75, 3.05) is 11.9 Å². The number of aryl methyl sites for hydroxylation is 1. The first-order chi connectivity index (χ1) is 13.4. The van der Waals surface area contributed by atoms with Gasteiger partial charge in [0.25, 0.3) is 5.95 Å². The van der Waals surface area contributed by atoms with Crippen molar-refractivity contribution in [1.29, 1.82) is 0 Å². The number of ether oxygens (including phenoxy) is 1. The highest BCUT2D eigenvalue weighted by Crippen LogP contribution is 2.13. The molecule has 0 fully saturated rings. The van der Waals surface area contributed by atoms with Gasteiger partial charge in [-0.05, 0) is 43.9 Å². The fourth-order valence-corrected chi connectivity index (χ4v) is 2.15. The number of carboxylic acid groups (broad SMARTS) is 1. The van der Waals surface area contributed by atoms with Crippen LogP contribution in [0.5, 0.6) is 0 Å². The molecule has 0 aliphatic rings. The maximum absolute atomic E-state index is 11.7. The number of carbonyl (C=O) groups is 2. The van der Waals surface area contributed by atoms with Crippen molar-refractivity contribution in [3.8, 4) is 0 Å². The number of hydrogen-bond donors (Lipinski definition) is 4. The third-order valence-corrected chi connectivity index (χ3v) is 3.69. The van der Waals surface area contributed by atoms with E-state index >= 15 is 0 Å². The van der Waals surface area contributed by atoms with E-state index < -0.39 is 18.1 Å². The number of hydrogen-bond acceptors (Lipinski definition) is 9. The van der Waals surface area contributed by atoms with Gasteiger partial charge < -0.3 is 26.2 Å². The summed E-state index contributed by atoms with van der Waals surface area (Å²) in [5, 5.41) is 29.6. The van der Waals surface area contributed by atoms with Gasteiger partial charge in [-0.2, -0.15) is 0 Å². The molecule has 0 saturated carbocycles. The highest BCUT2D eigenvalue weighted by Gasteiger charge is 2.10. The molecule has 2 aromatic rings. The molecular weight excluding hydrogens is 366 g/mol. The van der Waals surface area contributed by atoms with E-state index in [1.54, 1.807) is 31.2 Å². The van der Waals surface area contributed by atoms with Crippen molar-refractivity contribution in [3.63, 3.8) is 0 Å². The Balaban J connectivity index is 1.65. The summed E-state index contributed by atoms with van der Waals surface area (Å²) >= 11 is 0. The summed E-state index contributed by atoms with van der Waals surface area (Å²) in [6.45, 7) is 2.22. The van der Waals surface area contributed by atoms with Gasteiger partial charge in [0, 0.05) is 12.2 Å². The smallest absolute Gasteiger partial charge is 0.407 e. The molecular formula is C17H23N7O4. The third kappa shape index (κ3) is 7.50. The first-order valence-corrected chi connectivity index (χ1v) is 8.73. The van der Waals surface area contributed by atoms with E-state index in [2.05, 4.69) is 31.0 Å². The molecule has 0 saturated heterocycles. The maximum Gasteiger partial charge on any atom is 0.407 e. The highest BCUT2D eigenvalue weighted by atomic mass is 16.5. The number of benzene rings is 1. The second-order valence-corrected chi connectivity index (χ2v) is 6.04. The van der Waals surface area contributed by atoms with E-state index in [-0.39, 0.29) is 6.61 Å². The zero-order chi connectivity index (χ0) is 20.4. The topological polar surface area (TPSA) is 165 Å². The van der Waals surface area contributed by atoms with Gasteiger partial charge >= 0.3 is 12.1 Å². The minimum absolute atomic E-state index is 0.125. The Bertz CT molecular complexity index is 768. The molecule has 2 rings (SSSR count). The summed E-state index contributed by atoms with van der Waals surface area (Å²) in [5.41, 5.74) is 6.97. The zero-order valence-electron chi connectivity index (χ0n) is 15.5. The largest absolute Gasteiger partial charge is 0.480 e. The molecule has 1 aromatic carbocycles. The number of rotatable bonds is 10. The number of anilines is 2. The number of unbranched alkanes of at least 4 members (excludes halogenated alkanes) is 1. The van der Waals surface area contributed by atoms with Crippen LogP contribution in [0.3, 0.4) is 0 Å². The Hall–Kier alpha value is -3.34. The van der Waals surface area contributed by atoms with Crippen molar-refractivity contribution in [2.24, 2.45) is 5.73 Å².